The monoisotopic (exact) mass is 278 g/mol. The van der Waals surface area contributed by atoms with Crippen molar-refractivity contribution in [3.05, 3.63) is 39.4 Å². The first-order valence-corrected chi connectivity index (χ1v) is 6.57. The summed E-state index contributed by atoms with van der Waals surface area (Å²) in [5, 5.41) is 21.0. The van der Waals surface area contributed by atoms with Gasteiger partial charge < -0.3 is 10.0 Å². The molecule has 1 amide bonds. The Morgan fingerprint density at radius 1 is 1.40 bits per heavy atom. The van der Waals surface area contributed by atoms with Crippen molar-refractivity contribution in [2.75, 3.05) is 13.1 Å². The Labute approximate surface area is 117 Å². The Morgan fingerprint density at radius 3 is 2.55 bits per heavy atom. The standard InChI is InChI=1S/C14H18N2O4/c1-10-4-3-5-11(16(19)20)12(10)13(17)15-8-6-14(2,18)7-9-15/h3-5,18H,6-9H2,1-2H3. The number of likely N-dealkylation sites (tertiary alicyclic amines) is 1. The van der Waals surface area contributed by atoms with Crippen LogP contribution in [0.1, 0.15) is 35.7 Å². The number of aliphatic hydroxyl groups is 1. The van der Waals surface area contributed by atoms with Gasteiger partial charge in [0.1, 0.15) is 5.56 Å². The molecule has 2 rings (SSSR count). The van der Waals surface area contributed by atoms with Crippen molar-refractivity contribution in [3.8, 4) is 0 Å². The van der Waals surface area contributed by atoms with Crippen LogP contribution in [-0.2, 0) is 0 Å². The lowest BCUT2D eigenvalue weighted by molar-refractivity contribution is -0.385. The quantitative estimate of drug-likeness (QED) is 0.661. The van der Waals surface area contributed by atoms with Gasteiger partial charge in [-0.1, -0.05) is 12.1 Å². The fourth-order valence-corrected chi connectivity index (χ4v) is 2.43. The Balaban J connectivity index is 2.28. The average Bonchev–Trinajstić information content (AvgIpc) is 2.37. The highest BCUT2D eigenvalue weighted by Crippen LogP contribution is 2.27. The molecule has 0 radical (unpaired) electrons. The number of nitro benzene ring substituents is 1. The molecule has 0 atom stereocenters. The highest BCUT2D eigenvalue weighted by Gasteiger charge is 2.33. The molecule has 0 aromatic heterocycles. The second-order valence-electron chi connectivity index (χ2n) is 5.52. The number of hydrogen-bond acceptors (Lipinski definition) is 4. The van der Waals surface area contributed by atoms with E-state index < -0.39 is 10.5 Å². The number of amides is 1. The lowest BCUT2D eigenvalue weighted by atomic mass is 9.93. The van der Waals surface area contributed by atoms with Gasteiger partial charge in [0.15, 0.2) is 0 Å². The molecule has 1 aromatic rings. The van der Waals surface area contributed by atoms with Crippen LogP contribution in [0.15, 0.2) is 18.2 Å². The Hall–Kier alpha value is -1.95. The zero-order valence-corrected chi connectivity index (χ0v) is 11.6. The first-order chi connectivity index (χ1) is 9.32. The van der Waals surface area contributed by atoms with Crippen LogP contribution in [0.2, 0.25) is 0 Å². The highest BCUT2D eigenvalue weighted by molar-refractivity contribution is 5.99. The van der Waals surface area contributed by atoms with Gasteiger partial charge in [0.25, 0.3) is 11.6 Å². The van der Waals surface area contributed by atoms with Gasteiger partial charge in [-0.2, -0.15) is 0 Å². The third-order valence-corrected chi connectivity index (χ3v) is 3.79. The second-order valence-corrected chi connectivity index (χ2v) is 5.52. The van der Waals surface area contributed by atoms with Crippen LogP contribution in [0.3, 0.4) is 0 Å². The highest BCUT2D eigenvalue weighted by atomic mass is 16.6. The third-order valence-electron chi connectivity index (χ3n) is 3.79. The van der Waals surface area contributed by atoms with Gasteiger partial charge in [-0.05, 0) is 32.3 Å². The number of hydrogen-bond donors (Lipinski definition) is 1. The smallest absolute Gasteiger partial charge is 0.282 e. The zero-order valence-electron chi connectivity index (χ0n) is 11.6. The van der Waals surface area contributed by atoms with E-state index in [4.69, 9.17) is 0 Å². The van der Waals surface area contributed by atoms with Gasteiger partial charge >= 0.3 is 0 Å². The molecule has 1 aliphatic heterocycles. The van der Waals surface area contributed by atoms with Gasteiger partial charge in [0.05, 0.1) is 10.5 Å². The summed E-state index contributed by atoms with van der Waals surface area (Å²) in [4.78, 5) is 24.6. The maximum Gasteiger partial charge on any atom is 0.282 e. The van der Waals surface area contributed by atoms with Crippen LogP contribution in [0.4, 0.5) is 5.69 Å². The maximum absolute atomic E-state index is 12.5. The SMILES string of the molecule is Cc1cccc([N+](=O)[O-])c1C(=O)N1CCC(C)(O)CC1. The molecule has 20 heavy (non-hydrogen) atoms. The summed E-state index contributed by atoms with van der Waals surface area (Å²) in [6.07, 6.45) is 0.969. The van der Waals surface area contributed by atoms with Crippen molar-refractivity contribution in [1.29, 1.82) is 0 Å². The average molecular weight is 278 g/mol. The normalized spacial score (nSPS) is 17.9. The fraction of sp³-hybridized carbons (Fsp3) is 0.500. The van der Waals surface area contributed by atoms with Gasteiger partial charge in [0, 0.05) is 19.2 Å². The van der Waals surface area contributed by atoms with Crippen molar-refractivity contribution in [1.82, 2.24) is 4.90 Å². The summed E-state index contributed by atoms with van der Waals surface area (Å²) in [6, 6.07) is 4.62. The Morgan fingerprint density at radius 2 is 2.00 bits per heavy atom. The van der Waals surface area contributed by atoms with Gasteiger partial charge in [0.2, 0.25) is 0 Å². The maximum atomic E-state index is 12.5. The molecule has 6 nitrogen and oxygen atoms in total. The van der Waals surface area contributed by atoms with E-state index in [1.54, 1.807) is 30.9 Å². The lowest BCUT2D eigenvalue weighted by Crippen LogP contribution is -2.45. The molecule has 1 aromatic carbocycles. The molecule has 1 aliphatic rings. The summed E-state index contributed by atoms with van der Waals surface area (Å²) in [5.74, 6) is -0.328. The van der Waals surface area contributed by atoms with E-state index in [1.165, 1.54) is 6.07 Å². The van der Waals surface area contributed by atoms with Crippen molar-refractivity contribution in [2.45, 2.75) is 32.3 Å². The molecule has 0 bridgehead atoms. The molecule has 6 heteroatoms. The number of carbonyl (C=O) groups is 1. The number of piperidine rings is 1. The number of nitro groups is 1. The van der Waals surface area contributed by atoms with E-state index in [9.17, 15) is 20.0 Å². The number of aryl methyl sites for hydroxylation is 1. The first kappa shape index (κ1) is 14.5. The van der Waals surface area contributed by atoms with E-state index in [1.807, 2.05) is 0 Å². The molecule has 1 saturated heterocycles. The van der Waals surface area contributed by atoms with E-state index >= 15 is 0 Å². The van der Waals surface area contributed by atoms with Crippen LogP contribution >= 0.6 is 0 Å². The summed E-state index contributed by atoms with van der Waals surface area (Å²) in [7, 11) is 0. The summed E-state index contributed by atoms with van der Waals surface area (Å²) in [5.41, 5.74) is -0.165. The van der Waals surface area contributed by atoms with Crippen LogP contribution in [0, 0.1) is 17.0 Å². The van der Waals surface area contributed by atoms with E-state index in [-0.39, 0.29) is 17.2 Å². The third kappa shape index (κ3) is 2.80. The van der Waals surface area contributed by atoms with Crippen molar-refractivity contribution < 1.29 is 14.8 Å². The van der Waals surface area contributed by atoms with Crippen molar-refractivity contribution in [2.24, 2.45) is 0 Å². The summed E-state index contributed by atoms with van der Waals surface area (Å²) >= 11 is 0. The first-order valence-electron chi connectivity index (χ1n) is 6.57. The summed E-state index contributed by atoms with van der Waals surface area (Å²) in [6.45, 7) is 4.26. The van der Waals surface area contributed by atoms with Gasteiger partial charge in [-0.25, -0.2) is 0 Å². The Kier molecular flexibility index (Phi) is 3.76. The molecule has 1 heterocycles. The van der Waals surface area contributed by atoms with Crippen molar-refractivity contribution in [3.63, 3.8) is 0 Å². The molecule has 1 N–H and O–H groups in total. The number of rotatable bonds is 2. The Bertz CT molecular complexity index is 544. The van der Waals surface area contributed by atoms with Crippen LogP contribution in [0.25, 0.3) is 0 Å². The topological polar surface area (TPSA) is 83.7 Å². The van der Waals surface area contributed by atoms with Gasteiger partial charge in [-0.15, -0.1) is 0 Å². The van der Waals surface area contributed by atoms with E-state index in [0.717, 1.165) is 0 Å². The number of benzene rings is 1. The molecule has 0 spiro atoms. The molecular weight excluding hydrogens is 260 g/mol. The minimum absolute atomic E-state index is 0.152. The fourth-order valence-electron chi connectivity index (χ4n) is 2.43. The largest absolute Gasteiger partial charge is 0.390 e. The molecular formula is C14H18N2O4. The predicted molar refractivity (Wildman–Crippen MR) is 73.6 cm³/mol. The molecule has 0 aliphatic carbocycles. The molecule has 0 unspecified atom stereocenters. The van der Waals surface area contributed by atoms with Crippen molar-refractivity contribution >= 4 is 11.6 Å². The minimum atomic E-state index is -0.756. The van der Waals surface area contributed by atoms with E-state index in [0.29, 0.717) is 31.5 Å². The number of carbonyl (C=O) groups excluding carboxylic acids is 1. The van der Waals surface area contributed by atoms with Crippen LogP contribution in [0.5, 0.6) is 0 Å². The predicted octanol–water partition coefficient (Wildman–Crippen LogP) is 1.89. The minimum Gasteiger partial charge on any atom is -0.390 e. The lowest BCUT2D eigenvalue weighted by Gasteiger charge is -2.35. The number of nitrogens with zero attached hydrogens (tertiary/aromatic N) is 2. The molecule has 108 valence electrons. The molecule has 1 fully saturated rings. The van der Waals surface area contributed by atoms with Crippen LogP contribution in [-0.4, -0.2) is 39.5 Å². The van der Waals surface area contributed by atoms with Crippen LogP contribution < -0.4 is 0 Å². The second kappa shape index (κ2) is 5.20. The van der Waals surface area contributed by atoms with E-state index in [2.05, 4.69) is 0 Å². The zero-order chi connectivity index (χ0) is 14.9. The van der Waals surface area contributed by atoms with Gasteiger partial charge in [-0.3, -0.25) is 14.9 Å². The molecule has 0 saturated carbocycles. The summed E-state index contributed by atoms with van der Waals surface area (Å²) < 4.78 is 0.